The van der Waals surface area contributed by atoms with E-state index >= 15 is 0 Å². The van der Waals surface area contributed by atoms with Gasteiger partial charge in [0, 0.05) is 19.0 Å². The number of aromatic nitrogens is 2. The largest absolute Gasteiger partial charge is 0.339 e. The van der Waals surface area contributed by atoms with Crippen LogP contribution in [0, 0.1) is 18.8 Å². The van der Waals surface area contributed by atoms with Crippen molar-refractivity contribution in [3.05, 3.63) is 11.7 Å². The van der Waals surface area contributed by atoms with Gasteiger partial charge in [0.25, 0.3) is 0 Å². The van der Waals surface area contributed by atoms with Gasteiger partial charge in [-0.2, -0.15) is 4.98 Å². The van der Waals surface area contributed by atoms with E-state index < -0.39 is 0 Å². The third kappa shape index (κ3) is 3.28. The van der Waals surface area contributed by atoms with Crippen molar-refractivity contribution in [1.82, 2.24) is 15.5 Å². The zero-order chi connectivity index (χ0) is 12.3. The van der Waals surface area contributed by atoms with Crippen LogP contribution in [0.25, 0.3) is 0 Å². The van der Waals surface area contributed by atoms with Crippen molar-refractivity contribution >= 4 is 0 Å². The standard InChI is InChI=1S/C13H23N3O/c1-9-5-4-6-12(10(9)2)14-8-7-13-15-11(3)16-17-13/h9-10,12,14H,4-8H2,1-3H3. The Balaban J connectivity index is 1.74. The minimum absolute atomic E-state index is 0.655. The maximum atomic E-state index is 5.10. The SMILES string of the molecule is Cc1noc(CCNC2CCCC(C)C2C)n1. The van der Waals surface area contributed by atoms with E-state index in [2.05, 4.69) is 29.3 Å². The first-order valence-electron chi connectivity index (χ1n) is 6.69. The minimum Gasteiger partial charge on any atom is -0.339 e. The lowest BCUT2D eigenvalue weighted by molar-refractivity contribution is 0.206. The lowest BCUT2D eigenvalue weighted by Crippen LogP contribution is -2.41. The number of aryl methyl sites for hydroxylation is 1. The molecule has 1 fully saturated rings. The van der Waals surface area contributed by atoms with Crippen LogP contribution in [0.2, 0.25) is 0 Å². The summed E-state index contributed by atoms with van der Waals surface area (Å²) in [5.41, 5.74) is 0. The number of hydrogen-bond donors (Lipinski definition) is 1. The molecule has 0 aliphatic heterocycles. The highest BCUT2D eigenvalue weighted by atomic mass is 16.5. The van der Waals surface area contributed by atoms with Gasteiger partial charge in [0.2, 0.25) is 5.89 Å². The van der Waals surface area contributed by atoms with Gasteiger partial charge in [-0.15, -0.1) is 0 Å². The molecule has 1 aliphatic rings. The van der Waals surface area contributed by atoms with Crippen molar-refractivity contribution in [1.29, 1.82) is 0 Å². The van der Waals surface area contributed by atoms with E-state index in [1.807, 2.05) is 6.92 Å². The summed E-state index contributed by atoms with van der Waals surface area (Å²) in [6.07, 6.45) is 4.86. The Morgan fingerprint density at radius 1 is 1.35 bits per heavy atom. The number of nitrogens with zero attached hydrogens (tertiary/aromatic N) is 2. The van der Waals surface area contributed by atoms with Crippen LogP contribution in [0.1, 0.15) is 44.8 Å². The second-order valence-electron chi connectivity index (χ2n) is 5.31. The molecular weight excluding hydrogens is 214 g/mol. The van der Waals surface area contributed by atoms with E-state index in [-0.39, 0.29) is 0 Å². The van der Waals surface area contributed by atoms with Crippen molar-refractivity contribution in [3.8, 4) is 0 Å². The Morgan fingerprint density at radius 3 is 2.88 bits per heavy atom. The van der Waals surface area contributed by atoms with Crippen LogP contribution >= 0.6 is 0 Å². The third-order valence-corrected chi connectivity index (χ3v) is 4.02. The molecular formula is C13H23N3O. The minimum atomic E-state index is 0.655. The van der Waals surface area contributed by atoms with Crippen molar-refractivity contribution in [2.75, 3.05) is 6.54 Å². The summed E-state index contributed by atoms with van der Waals surface area (Å²) < 4.78 is 5.10. The van der Waals surface area contributed by atoms with Gasteiger partial charge in [-0.05, 0) is 25.2 Å². The number of hydrogen-bond acceptors (Lipinski definition) is 4. The molecule has 2 rings (SSSR count). The van der Waals surface area contributed by atoms with Gasteiger partial charge < -0.3 is 9.84 Å². The van der Waals surface area contributed by atoms with Crippen LogP contribution in [0.4, 0.5) is 0 Å². The maximum Gasteiger partial charge on any atom is 0.227 e. The Hall–Kier alpha value is -0.900. The molecule has 4 heteroatoms. The van der Waals surface area contributed by atoms with Crippen LogP contribution in [0.3, 0.4) is 0 Å². The first-order valence-corrected chi connectivity index (χ1v) is 6.69. The summed E-state index contributed by atoms with van der Waals surface area (Å²) in [6.45, 7) is 7.51. The molecule has 1 heterocycles. The lowest BCUT2D eigenvalue weighted by atomic mass is 9.78. The summed E-state index contributed by atoms with van der Waals surface area (Å²) >= 11 is 0. The smallest absolute Gasteiger partial charge is 0.227 e. The third-order valence-electron chi connectivity index (χ3n) is 4.02. The van der Waals surface area contributed by atoms with Gasteiger partial charge in [0.05, 0.1) is 0 Å². The molecule has 1 aromatic heterocycles. The molecule has 0 aromatic carbocycles. The summed E-state index contributed by atoms with van der Waals surface area (Å²) in [6, 6.07) is 0.655. The molecule has 0 radical (unpaired) electrons. The zero-order valence-electron chi connectivity index (χ0n) is 11.1. The number of rotatable bonds is 4. The van der Waals surface area contributed by atoms with Crippen molar-refractivity contribution in [2.24, 2.45) is 11.8 Å². The van der Waals surface area contributed by atoms with E-state index in [1.165, 1.54) is 19.3 Å². The second kappa shape index (κ2) is 5.63. The molecule has 1 N–H and O–H groups in total. The first kappa shape index (κ1) is 12.6. The molecule has 3 atom stereocenters. The maximum absolute atomic E-state index is 5.10. The zero-order valence-corrected chi connectivity index (χ0v) is 11.1. The highest BCUT2D eigenvalue weighted by Gasteiger charge is 2.26. The average molecular weight is 237 g/mol. The molecule has 0 amide bonds. The Labute approximate surface area is 103 Å². The highest BCUT2D eigenvalue weighted by Crippen LogP contribution is 2.29. The van der Waals surface area contributed by atoms with Gasteiger partial charge in [-0.1, -0.05) is 31.8 Å². The molecule has 1 saturated carbocycles. The molecule has 3 unspecified atom stereocenters. The Kier molecular flexibility index (Phi) is 4.15. The molecule has 0 saturated heterocycles. The van der Waals surface area contributed by atoms with Crippen LogP contribution in [0.15, 0.2) is 4.52 Å². The Bertz CT molecular complexity index is 350. The van der Waals surface area contributed by atoms with E-state index in [1.54, 1.807) is 0 Å². The van der Waals surface area contributed by atoms with Crippen molar-refractivity contribution in [2.45, 2.75) is 52.5 Å². The van der Waals surface area contributed by atoms with E-state index in [4.69, 9.17) is 4.52 Å². The van der Waals surface area contributed by atoms with E-state index in [9.17, 15) is 0 Å². The fourth-order valence-corrected chi connectivity index (χ4v) is 2.68. The predicted molar refractivity (Wildman–Crippen MR) is 66.7 cm³/mol. The fourth-order valence-electron chi connectivity index (χ4n) is 2.68. The summed E-state index contributed by atoms with van der Waals surface area (Å²) in [4.78, 5) is 4.21. The summed E-state index contributed by atoms with van der Waals surface area (Å²) in [5.74, 6) is 3.08. The topological polar surface area (TPSA) is 51.0 Å². The molecule has 96 valence electrons. The van der Waals surface area contributed by atoms with Crippen LogP contribution in [-0.2, 0) is 6.42 Å². The van der Waals surface area contributed by atoms with Gasteiger partial charge in [-0.25, -0.2) is 0 Å². The van der Waals surface area contributed by atoms with E-state index in [0.29, 0.717) is 6.04 Å². The highest BCUT2D eigenvalue weighted by molar-refractivity contribution is 4.86. The normalized spacial score (nSPS) is 29.5. The van der Waals surface area contributed by atoms with Gasteiger partial charge in [-0.3, -0.25) is 0 Å². The molecule has 4 nitrogen and oxygen atoms in total. The van der Waals surface area contributed by atoms with Crippen molar-refractivity contribution < 1.29 is 4.52 Å². The predicted octanol–water partition coefficient (Wildman–Crippen LogP) is 2.33. The molecule has 0 bridgehead atoms. The van der Waals surface area contributed by atoms with Gasteiger partial charge in [0.15, 0.2) is 5.82 Å². The molecule has 1 aliphatic carbocycles. The van der Waals surface area contributed by atoms with Gasteiger partial charge >= 0.3 is 0 Å². The second-order valence-corrected chi connectivity index (χ2v) is 5.31. The number of nitrogens with one attached hydrogen (secondary N) is 1. The molecule has 17 heavy (non-hydrogen) atoms. The lowest BCUT2D eigenvalue weighted by Gasteiger charge is -2.34. The average Bonchev–Trinajstić information content (AvgIpc) is 2.70. The van der Waals surface area contributed by atoms with E-state index in [0.717, 1.165) is 36.5 Å². The van der Waals surface area contributed by atoms with Crippen molar-refractivity contribution in [3.63, 3.8) is 0 Å². The summed E-state index contributed by atoms with van der Waals surface area (Å²) in [7, 11) is 0. The monoisotopic (exact) mass is 237 g/mol. The molecule has 1 aromatic rings. The Morgan fingerprint density at radius 2 is 2.18 bits per heavy atom. The van der Waals surface area contributed by atoms with Gasteiger partial charge in [0.1, 0.15) is 0 Å². The molecule has 0 spiro atoms. The fraction of sp³-hybridized carbons (Fsp3) is 0.846. The quantitative estimate of drug-likeness (QED) is 0.873. The van der Waals surface area contributed by atoms with Crippen LogP contribution in [-0.4, -0.2) is 22.7 Å². The summed E-state index contributed by atoms with van der Waals surface area (Å²) in [5, 5.41) is 7.43. The first-order chi connectivity index (χ1) is 8.16. The van der Waals surface area contributed by atoms with Crippen LogP contribution < -0.4 is 5.32 Å². The van der Waals surface area contributed by atoms with Crippen LogP contribution in [0.5, 0.6) is 0 Å².